The maximum Gasteiger partial charge on any atom is 0.301 e. The average Bonchev–Trinajstić information content (AvgIpc) is 2.10. The van der Waals surface area contributed by atoms with Crippen LogP contribution in [0.4, 0.5) is 11.4 Å². The molecule has 0 aromatic heterocycles. The van der Waals surface area contributed by atoms with E-state index < -0.39 is 10.2 Å². The molecule has 0 radical (unpaired) electrons. The van der Waals surface area contributed by atoms with Crippen molar-refractivity contribution >= 4 is 21.6 Å². The molecular formula is C9H15N3O2S. The van der Waals surface area contributed by atoms with E-state index >= 15 is 0 Å². The number of nitrogens with one attached hydrogen (secondary N) is 1. The summed E-state index contributed by atoms with van der Waals surface area (Å²) in [5.41, 5.74) is 7.41. The Kier molecular flexibility index (Phi) is 3.21. The third kappa shape index (κ3) is 2.84. The number of aryl methyl sites for hydroxylation is 1. The number of anilines is 2. The molecule has 0 saturated heterocycles. The lowest BCUT2D eigenvalue weighted by Crippen LogP contribution is -2.29. The lowest BCUT2D eigenvalue weighted by Gasteiger charge is -2.15. The Morgan fingerprint density at radius 1 is 1.33 bits per heavy atom. The molecule has 0 aliphatic rings. The van der Waals surface area contributed by atoms with E-state index in [4.69, 9.17) is 5.73 Å². The molecule has 0 bridgehead atoms. The first-order chi connectivity index (χ1) is 6.83. The lowest BCUT2D eigenvalue weighted by atomic mass is 10.2. The fourth-order valence-corrected chi connectivity index (χ4v) is 1.63. The third-order valence-electron chi connectivity index (χ3n) is 1.93. The van der Waals surface area contributed by atoms with Crippen molar-refractivity contribution in [1.82, 2.24) is 4.31 Å². The van der Waals surface area contributed by atoms with Gasteiger partial charge in [-0.3, -0.25) is 4.72 Å². The van der Waals surface area contributed by atoms with Crippen LogP contribution in [-0.2, 0) is 10.2 Å². The number of nitrogen functional groups attached to an aromatic ring is 1. The molecule has 0 unspecified atom stereocenters. The Morgan fingerprint density at radius 2 is 1.93 bits per heavy atom. The number of rotatable bonds is 3. The van der Waals surface area contributed by atoms with Gasteiger partial charge in [0.25, 0.3) is 0 Å². The van der Waals surface area contributed by atoms with Gasteiger partial charge in [0.2, 0.25) is 0 Å². The summed E-state index contributed by atoms with van der Waals surface area (Å²) in [5, 5.41) is 0. The number of hydrogen-bond donors (Lipinski definition) is 2. The fraction of sp³-hybridized carbons (Fsp3) is 0.333. The van der Waals surface area contributed by atoms with Crippen LogP contribution >= 0.6 is 0 Å². The van der Waals surface area contributed by atoms with Crippen molar-refractivity contribution < 1.29 is 8.42 Å². The van der Waals surface area contributed by atoms with Gasteiger partial charge in [0.15, 0.2) is 0 Å². The predicted molar refractivity (Wildman–Crippen MR) is 61.8 cm³/mol. The summed E-state index contributed by atoms with van der Waals surface area (Å²) in [5.74, 6) is 0. The predicted octanol–water partition coefficient (Wildman–Crippen LogP) is 0.796. The van der Waals surface area contributed by atoms with Gasteiger partial charge in [-0.2, -0.15) is 12.7 Å². The fourth-order valence-electron chi connectivity index (χ4n) is 0.989. The Bertz CT molecular complexity index is 454. The summed E-state index contributed by atoms with van der Waals surface area (Å²) >= 11 is 0. The Balaban J connectivity index is 3.05. The van der Waals surface area contributed by atoms with E-state index in [2.05, 4.69) is 4.72 Å². The smallest absolute Gasteiger partial charge is 0.301 e. The highest BCUT2D eigenvalue weighted by molar-refractivity contribution is 7.90. The summed E-state index contributed by atoms with van der Waals surface area (Å²) in [7, 11) is -0.582. The summed E-state index contributed by atoms with van der Waals surface area (Å²) in [6.45, 7) is 1.87. The molecule has 0 aliphatic heterocycles. The van der Waals surface area contributed by atoms with Gasteiger partial charge in [-0.1, -0.05) is 6.07 Å². The second kappa shape index (κ2) is 4.08. The lowest BCUT2D eigenvalue weighted by molar-refractivity contribution is 0.527. The van der Waals surface area contributed by atoms with Crippen LogP contribution in [0.5, 0.6) is 0 Å². The van der Waals surface area contributed by atoms with Crippen LogP contribution in [0.25, 0.3) is 0 Å². The molecule has 0 amide bonds. The number of benzene rings is 1. The van der Waals surface area contributed by atoms with E-state index in [1.54, 1.807) is 12.1 Å². The molecule has 1 aromatic rings. The van der Waals surface area contributed by atoms with Gasteiger partial charge in [-0.15, -0.1) is 0 Å². The molecule has 0 fully saturated rings. The second-order valence-electron chi connectivity index (χ2n) is 3.48. The molecule has 0 saturated carbocycles. The van der Waals surface area contributed by atoms with Crippen LogP contribution in [0.3, 0.4) is 0 Å². The first kappa shape index (κ1) is 11.8. The standard InChI is InChI=1S/C9H15N3O2S/c1-7-4-5-8(10)9(6-7)11-15(13,14)12(2)3/h4-6,11H,10H2,1-3H3. The van der Waals surface area contributed by atoms with E-state index in [0.717, 1.165) is 9.87 Å². The third-order valence-corrected chi connectivity index (χ3v) is 3.37. The van der Waals surface area contributed by atoms with E-state index in [1.165, 1.54) is 14.1 Å². The van der Waals surface area contributed by atoms with Crippen molar-refractivity contribution in [3.8, 4) is 0 Å². The van der Waals surface area contributed by atoms with Crippen molar-refractivity contribution in [3.05, 3.63) is 23.8 Å². The number of hydrogen-bond acceptors (Lipinski definition) is 3. The molecule has 0 spiro atoms. The SMILES string of the molecule is Cc1ccc(N)c(NS(=O)(=O)N(C)C)c1. The van der Waals surface area contributed by atoms with Crippen LogP contribution in [0.2, 0.25) is 0 Å². The van der Waals surface area contributed by atoms with Crippen LogP contribution in [0.1, 0.15) is 5.56 Å². The van der Waals surface area contributed by atoms with Crippen molar-refractivity contribution in [2.24, 2.45) is 0 Å². The van der Waals surface area contributed by atoms with Gasteiger partial charge in [0, 0.05) is 14.1 Å². The molecule has 3 N–H and O–H groups in total. The van der Waals surface area contributed by atoms with Crippen molar-refractivity contribution in [2.45, 2.75) is 6.92 Å². The Morgan fingerprint density at radius 3 is 2.47 bits per heavy atom. The highest BCUT2D eigenvalue weighted by Crippen LogP contribution is 2.21. The zero-order chi connectivity index (χ0) is 11.6. The zero-order valence-electron chi connectivity index (χ0n) is 8.98. The molecule has 1 aromatic carbocycles. The highest BCUT2D eigenvalue weighted by atomic mass is 32.2. The molecular weight excluding hydrogens is 214 g/mol. The molecule has 5 nitrogen and oxygen atoms in total. The van der Waals surface area contributed by atoms with Crippen molar-refractivity contribution in [1.29, 1.82) is 0 Å². The van der Waals surface area contributed by atoms with E-state index in [1.807, 2.05) is 13.0 Å². The average molecular weight is 229 g/mol. The molecule has 0 aliphatic carbocycles. The normalized spacial score (nSPS) is 11.7. The van der Waals surface area contributed by atoms with Gasteiger partial charge < -0.3 is 5.73 Å². The molecule has 15 heavy (non-hydrogen) atoms. The van der Waals surface area contributed by atoms with Gasteiger partial charge in [0.1, 0.15) is 0 Å². The molecule has 84 valence electrons. The summed E-state index contributed by atoms with van der Waals surface area (Å²) in [6.07, 6.45) is 0. The van der Waals surface area contributed by atoms with E-state index in [-0.39, 0.29) is 0 Å². The number of nitrogens with zero attached hydrogens (tertiary/aromatic N) is 1. The molecule has 0 heterocycles. The number of nitrogens with two attached hydrogens (primary N) is 1. The highest BCUT2D eigenvalue weighted by Gasteiger charge is 2.14. The van der Waals surface area contributed by atoms with Crippen LogP contribution < -0.4 is 10.5 Å². The minimum absolute atomic E-state index is 0.406. The van der Waals surface area contributed by atoms with Gasteiger partial charge in [-0.25, -0.2) is 0 Å². The monoisotopic (exact) mass is 229 g/mol. The van der Waals surface area contributed by atoms with Gasteiger partial charge >= 0.3 is 10.2 Å². The van der Waals surface area contributed by atoms with E-state index in [0.29, 0.717) is 11.4 Å². The Labute approximate surface area is 90.1 Å². The molecule has 0 atom stereocenters. The molecule has 1 rings (SSSR count). The topological polar surface area (TPSA) is 75.4 Å². The first-order valence-electron chi connectivity index (χ1n) is 4.39. The summed E-state index contributed by atoms with van der Waals surface area (Å²) in [6, 6.07) is 5.18. The van der Waals surface area contributed by atoms with Crippen LogP contribution in [0.15, 0.2) is 18.2 Å². The maximum absolute atomic E-state index is 11.5. The van der Waals surface area contributed by atoms with Crippen molar-refractivity contribution in [3.63, 3.8) is 0 Å². The van der Waals surface area contributed by atoms with Gasteiger partial charge in [0.05, 0.1) is 11.4 Å². The second-order valence-corrected chi connectivity index (χ2v) is 5.36. The minimum atomic E-state index is -3.49. The van der Waals surface area contributed by atoms with Crippen LogP contribution in [-0.4, -0.2) is 26.8 Å². The van der Waals surface area contributed by atoms with Crippen molar-refractivity contribution in [2.75, 3.05) is 24.6 Å². The molecule has 6 heteroatoms. The minimum Gasteiger partial charge on any atom is -0.397 e. The maximum atomic E-state index is 11.5. The van der Waals surface area contributed by atoms with E-state index in [9.17, 15) is 8.42 Å². The first-order valence-corrected chi connectivity index (χ1v) is 5.83. The largest absolute Gasteiger partial charge is 0.397 e. The van der Waals surface area contributed by atoms with Gasteiger partial charge in [-0.05, 0) is 24.6 Å². The van der Waals surface area contributed by atoms with Crippen LogP contribution in [0, 0.1) is 6.92 Å². The summed E-state index contributed by atoms with van der Waals surface area (Å²) in [4.78, 5) is 0. The zero-order valence-corrected chi connectivity index (χ0v) is 9.80. The quantitative estimate of drug-likeness (QED) is 0.753. The Hall–Kier alpha value is -1.27. The summed E-state index contributed by atoms with van der Waals surface area (Å²) < 4.78 is 26.5.